The monoisotopic (exact) mass is 506 g/mol. The van der Waals surface area contributed by atoms with Gasteiger partial charge in [0.15, 0.2) is 9.84 Å². The third-order valence-electron chi connectivity index (χ3n) is 4.90. The second kappa shape index (κ2) is 9.94. The van der Waals surface area contributed by atoms with Crippen LogP contribution in [0.3, 0.4) is 0 Å². The molecule has 0 radical (unpaired) electrons. The van der Waals surface area contributed by atoms with Gasteiger partial charge in [-0.3, -0.25) is 9.10 Å². The molecule has 0 aliphatic rings. The van der Waals surface area contributed by atoms with Crippen LogP contribution in [0.25, 0.3) is 0 Å². The van der Waals surface area contributed by atoms with Crippen LogP contribution in [0.15, 0.2) is 88.7 Å². The highest BCUT2D eigenvalue weighted by Crippen LogP contribution is 2.26. The number of carbonyl (C=O) groups excluding carboxylic acids is 1. The number of carbonyl (C=O) groups is 1. The molecule has 1 atom stereocenters. The van der Waals surface area contributed by atoms with Crippen molar-refractivity contribution in [3.05, 3.63) is 89.4 Å². The van der Waals surface area contributed by atoms with Crippen molar-refractivity contribution in [1.29, 1.82) is 0 Å². The molecule has 3 rings (SSSR count). The maximum Gasteiger partial charge on any atom is 0.264 e. The van der Waals surface area contributed by atoms with Crippen molar-refractivity contribution in [3.8, 4) is 0 Å². The topological polar surface area (TPSA) is 101 Å². The Morgan fingerprint density at radius 1 is 0.909 bits per heavy atom. The van der Waals surface area contributed by atoms with Crippen LogP contribution < -0.4 is 9.62 Å². The van der Waals surface area contributed by atoms with Crippen LogP contribution in [-0.4, -0.2) is 35.5 Å². The van der Waals surface area contributed by atoms with Gasteiger partial charge in [0.2, 0.25) is 5.91 Å². The smallest absolute Gasteiger partial charge is 0.264 e. The fourth-order valence-electron chi connectivity index (χ4n) is 3.17. The molecule has 0 saturated carbocycles. The minimum Gasteiger partial charge on any atom is -0.348 e. The van der Waals surface area contributed by atoms with Gasteiger partial charge in [-0.25, -0.2) is 16.8 Å². The summed E-state index contributed by atoms with van der Waals surface area (Å²) in [7, 11) is -7.37. The number of hydrogen-bond acceptors (Lipinski definition) is 5. The Bertz CT molecular complexity index is 1340. The molecule has 0 unspecified atom stereocenters. The second-order valence-corrected chi connectivity index (χ2v) is 11.7. The quantitative estimate of drug-likeness (QED) is 0.500. The summed E-state index contributed by atoms with van der Waals surface area (Å²) in [6.07, 6.45) is 1.12. The maximum absolute atomic E-state index is 13.3. The van der Waals surface area contributed by atoms with Crippen molar-refractivity contribution in [3.63, 3.8) is 0 Å². The minimum atomic E-state index is -4.04. The molecule has 3 aromatic carbocycles. The number of sulfone groups is 1. The number of hydrogen-bond donors (Lipinski definition) is 1. The summed E-state index contributed by atoms with van der Waals surface area (Å²) in [6, 6.07) is 19.7. The number of sulfonamides is 1. The van der Waals surface area contributed by atoms with E-state index in [0.717, 1.165) is 10.6 Å². The van der Waals surface area contributed by atoms with Gasteiger partial charge in [0.25, 0.3) is 10.0 Å². The zero-order valence-corrected chi connectivity index (χ0v) is 20.4. The maximum atomic E-state index is 13.3. The summed E-state index contributed by atoms with van der Waals surface area (Å²) in [6.45, 7) is 1.26. The number of nitrogens with one attached hydrogen (secondary N) is 1. The molecule has 0 fully saturated rings. The van der Waals surface area contributed by atoms with Crippen LogP contribution >= 0.6 is 11.6 Å². The van der Waals surface area contributed by atoms with Crippen molar-refractivity contribution in [1.82, 2.24) is 5.32 Å². The van der Waals surface area contributed by atoms with Crippen LogP contribution in [0.2, 0.25) is 5.02 Å². The average molecular weight is 507 g/mol. The number of rotatable bonds is 8. The van der Waals surface area contributed by atoms with Gasteiger partial charge in [-0.1, -0.05) is 48.0 Å². The number of amides is 1. The first kappa shape index (κ1) is 24.8. The molecule has 7 nitrogen and oxygen atoms in total. The van der Waals surface area contributed by atoms with Gasteiger partial charge >= 0.3 is 0 Å². The van der Waals surface area contributed by atoms with E-state index in [1.165, 1.54) is 30.3 Å². The van der Waals surface area contributed by atoms with Crippen molar-refractivity contribution in [2.24, 2.45) is 0 Å². The molecule has 0 aliphatic heterocycles. The summed E-state index contributed by atoms with van der Waals surface area (Å²) in [4.78, 5) is 13.1. The van der Waals surface area contributed by atoms with Crippen molar-refractivity contribution in [2.75, 3.05) is 17.1 Å². The first-order valence-corrected chi connectivity index (χ1v) is 13.6. The van der Waals surface area contributed by atoms with E-state index >= 15 is 0 Å². The molecule has 0 aromatic heterocycles. The van der Waals surface area contributed by atoms with E-state index in [1.807, 2.05) is 0 Å². The molecule has 0 spiro atoms. The van der Waals surface area contributed by atoms with Gasteiger partial charge in [-0.2, -0.15) is 0 Å². The minimum absolute atomic E-state index is 0.0437. The van der Waals surface area contributed by atoms with Gasteiger partial charge in [-0.15, -0.1) is 0 Å². The molecule has 3 aromatic rings. The molecule has 174 valence electrons. The molecule has 33 heavy (non-hydrogen) atoms. The fraction of sp³-hybridized carbons (Fsp3) is 0.174. The van der Waals surface area contributed by atoms with Crippen LogP contribution in [0, 0.1) is 0 Å². The highest BCUT2D eigenvalue weighted by atomic mass is 35.5. The van der Waals surface area contributed by atoms with Gasteiger partial charge in [0, 0.05) is 11.3 Å². The van der Waals surface area contributed by atoms with E-state index < -0.39 is 38.4 Å². The number of benzene rings is 3. The first-order chi connectivity index (χ1) is 15.5. The average Bonchev–Trinajstić information content (AvgIpc) is 2.77. The van der Waals surface area contributed by atoms with Crippen LogP contribution in [0.4, 0.5) is 5.69 Å². The SMILES string of the molecule is C[C@@H](NC(=O)CN(c1cccc(Cl)c1)S(=O)(=O)c1ccccc1)c1ccc(S(C)(=O)=O)cc1. The Labute approximate surface area is 199 Å². The molecule has 0 aliphatic carbocycles. The van der Waals surface area contributed by atoms with E-state index in [9.17, 15) is 21.6 Å². The predicted molar refractivity (Wildman–Crippen MR) is 129 cm³/mol. The lowest BCUT2D eigenvalue weighted by atomic mass is 10.1. The molecule has 10 heteroatoms. The van der Waals surface area contributed by atoms with Crippen molar-refractivity contribution in [2.45, 2.75) is 22.8 Å². The normalized spacial score (nSPS) is 12.7. The van der Waals surface area contributed by atoms with Gasteiger partial charge in [0.05, 0.1) is 21.5 Å². The van der Waals surface area contributed by atoms with Crippen molar-refractivity contribution < 1.29 is 21.6 Å². The van der Waals surface area contributed by atoms with Gasteiger partial charge < -0.3 is 5.32 Å². The van der Waals surface area contributed by atoms with Crippen LogP contribution in [0.5, 0.6) is 0 Å². The zero-order valence-electron chi connectivity index (χ0n) is 18.0. The van der Waals surface area contributed by atoms with Crippen molar-refractivity contribution >= 4 is 43.1 Å². The van der Waals surface area contributed by atoms with E-state index in [2.05, 4.69) is 5.32 Å². The summed E-state index contributed by atoms with van der Waals surface area (Å²) in [5.41, 5.74) is 0.933. The van der Waals surface area contributed by atoms with Crippen LogP contribution in [-0.2, 0) is 24.7 Å². The number of halogens is 1. The summed E-state index contributed by atoms with van der Waals surface area (Å²) < 4.78 is 50.9. The zero-order chi connectivity index (χ0) is 24.2. The lowest BCUT2D eigenvalue weighted by Crippen LogP contribution is -2.41. The van der Waals surface area contributed by atoms with E-state index in [-0.39, 0.29) is 15.5 Å². The van der Waals surface area contributed by atoms with Gasteiger partial charge in [0.1, 0.15) is 6.54 Å². The summed E-state index contributed by atoms with van der Waals surface area (Å²) >= 11 is 6.07. The molecule has 0 saturated heterocycles. The Hall–Kier alpha value is -2.88. The predicted octanol–water partition coefficient (Wildman–Crippen LogP) is 3.82. The Kier molecular flexibility index (Phi) is 7.46. The largest absolute Gasteiger partial charge is 0.348 e. The second-order valence-electron chi connectivity index (χ2n) is 7.44. The third-order valence-corrected chi connectivity index (χ3v) is 8.05. The van der Waals surface area contributed by atoms with E-state index in [4.69, 9.17) is 11.6 Å². The molecular weight excluding hydrogens is 484 g/mol. The molecule has 1 N–H and O–H groups in total. The standard InChI is InChI=1S/C23H23ClN2O5S2/c1-17(18-11-13-21(14-12-18)32(2,28)29)25-23(27)16-26(20-8-6-7-19(24)15-20)33(30,31)22-9-4-3-5-10-22/h3-15,17H,16H2,1-2H3,(H,25,27)/t17-/m1/s1. The summed E-state index contributed by atoms with van der Waals surface area (Å²) in [5.74, 6) is -0.533. The molecular formula is C23H23ClN2O5S2. The third kappa shape index (κ3) is 6.13. The van der Waals surface area contributed by atoms with E-state index in [1.54, 1.807) is 55.5 Å². The molecule has 0 bridgehead atoms. The Morgan fingerprint density at radius 3 is 2.12 bits per heavy atom. The lowest BCUT2D eigenvalue weighted by molar-refractivity contribution is -0.120. The number of anilines is 1. The highest BCUT2D eigenvalue weighted by molar-refractivity contribution is 7.93. The molecule has 1 amide bonds. The van der Waals surface area contributed by atoms with Gasteiger partial charge in [-0.05, 0) is 55.0 Å². The van der Waals surface area contributed by atoms with Crippen LogP contribution in [0.1, 0.15) is 18.5 Å². The Balaban J connectivity index is 1.85. The Morgan fingerprint density at radius 2 is 1.55 bits per heavy atom. The fourth-order valence-corrected chi connectivity index (χ4v) is 5.42. The van der Waals surface area contributed by atoms with E-state index in [0.29, 0.717) is 10.6 Å². The number of nitrogens with zero attached hydrogens (tertiary/aromatic N) is 1. The molecule has 0 heterocycles. The first-order valence-electron chi connectivity index (χ1n) is 9.91. The highest BCUT2D eigenvalue weighted by Gasteiger charge is 2.27. The lowest BCUT2D eigenvalue weighted by Gasteiger charge is -2.25. The summed E-state index contributed by atoms with van der Waals surface area (Å²) in [5, 5.41) is 3.10.